The maximum atomic E-state index is 13.0. The fourth-order valence-electron chi connectivity index (χ4n) is 3.89. The second-order valence-electron chi connectivity index (χ2n) is 7.62. The average Bonchev–Trinajstić information content (AvgIpc) is 3.24. The van der Waals surface area contributed by atoms with Gasteiger partial charge in [0.2, 0.25) is 10.0 Å². The summed E-state index contributed by atoms with van der Waals surface area (Å²) in [5, 5.41) is 5.06. The van der Waals surface area contributed by atoms with E-state index in [1.165, 1.54) is 30.6 Å². The number of rotatable bonds is 8. The number of piperazine rings is 1. The largest absolute Gasteiger partial charge is 0.336 e. The fraction of sp³-hybridized carbons (Fsp3) is 0.737. The Balaban J connectivity index is 1.62. The Hall–Kier alpha value is -1.000. The zero-order chi connectivity index (χ0) is 20.0. The van der Waals surface area contributed by atoms with Crippen LogP contribution in [0.5, 0.6) is 0 Å². The van der Waals surface area contributed by atoms with Gasteiger partial charge in [0, 0.05) is 51.9 Å². The molecule has 2 fully saturated rings. The Labute approximate surface area is 172 Å². The highest BCUT2D eigenvalue weighted by molar-refractivity contribution is 7.89. The number of thiophene rings is 1. The number of carbonyl (C=O) groups excluding carboxylic acids is 1. The summed E-state index contributed by atoms with van der Waals surface area (Å²) in [7, 11) is -3.35. The molecule has 2 aliphatic rings. The van der Waals surface area contributed by atoms with E-state index in [4.69, 9.17) is 0 Å². The molecule has 28 heavy (non-hydrogen) atoms. The molecule has 0 aliphatic carbocycles. The first-order chi connectivity index (χ1) is 13.5. The van der Waals surface area contributed by atoms with E-state index in [0.29, 0.717) is 43.6 Å². The Morgan fingerprint density at radius 3 is 2.71 bits per heavy atom. The normalized spacial score (nSPS) is 22.2. The van der Waals surface area contributed by atoms with Crippen LogP contribution in [-0.4, -0.2) is 92.6 Å². The minimum absolute atomic E-state index is 0.0142. The van der Waals surface area contributed by atoms with Gasteiger partial charge < -0.3 is 10.2 Å². The summed E-state index contributed by atoms with van der Waals surface area (Å²) in [5.41, 5.74) is 0. The molecule has 2 aliphatic heterocycles. The Morgan fingerprint density at radius 1 is 1.25 bits per heavy atom. The van der Waals surface area contributed by atoms with Gasteiger partial charge in [0.1, 0.15) is 0 Å². The lowest BCUT2D eigenvalue weighted by molar-refractivity contribution is 0.0722. The van der Waals surface area contributed by atoms with Gasteiger partial charge in [-0.25, -0.2) is 8.42 Å². The number of hydrogen-bond acceptors (Lipinski definition) is 6. The molecule has 1 atom stereocenters. The van der Waals surface area contributed by atoms with Crippen LogP contribution in [0.4, 0.5) is 0 Å². The maximum Gasteiger partial charge on any atom is 0.263 e. The average molecular weight is 429 g/mol. The highest BCUT2D eigenvalue weighted by Crippen LogP contribution is 2.17. The van der Waals surface area contributed by atoms with E-state index in [2.05, 4.69) is 17.1 Å². The molecule has 1 amide bonds. The summed E-state index contributed by atoms with van der Waals surface area (Å²) >= 11 is 1.41. The van der Waals surface area contributed by atoms with Gasteiger partial charge in [-0.1, -0.05) is 12.5 Å². The van der Waals surface area contributed by atoms with Crippen molar-refractivity contribution in [1.82, 2.24) is 19.4 Å². The zero-order valence-corrected chi connectivity index (χ0v) is 18.3. The SMILES string of the molecule is C[C@H]1CCCCN1CCN(CCS(=O)(=O)N1CCNCC1)C(=O)c1cccs1. The van der Waals surface area contributed by atoms with Gasteiger partial charge in [-0.2, -0.15) is 4.31 Å². The van der Waals surface area contributed by atoms with Crippen molar-refractivity contribution >= 4 is 27.3 Å². The predicted molar refractivity (Wildman–Crippen MR) is 113 cm³/mol. The molecule has 2 saturated heterocycles. The number of likely N-dealkylation sites (tertiary alicyclic amines) is 1. The van der Waals surface area contributed by atoms with Crippen molar-refractivity contribution < 1.29 is 13.2 Å². The summed E-state index contributed by atoms with van der Waals surface area (Å²) < 4.78 is 27.0. The van der Waals surface area contributed by atoms with E-state index >= 15 is 0 Å². The van der Waals surface area contributed by atoms with Crippen LogP contribution in [0.25, 0.3) is 0 Å². The van der Waals surface area contributed by atoms with Gasteiger partial charge in [0.15, 0.2) is 0 Å². The lowest BCUT2D eigenvalue weighted by atomic mass is 10.0. The lowest BCUT2D eigenvalue weighted by Gasteiger charge is -2.35. The Bertz CT molecular complexity index is 718. The molecule has 158 valence electrons. The van der Waals surface area contributed by atoms with Crippen LogP contribution in [0.3, 0.4) is 0 Å². The van der Waals surface area contributed by atoms with Gasteiger partial charge in [-0.3, -0.25) is 9.69 Å². The van der Waals surface area contributed by atoms with Crippen molar-refractivity contribution in [3.05, 3.63) is 22.4 Å². The van der Waals surface area contributed by atoms with Crippen LogP contribution < -0.4 is 5.32 Å². The van der Waals surface area contributed by atoms with E-state index in [9.17, 15) is 13.2 Å². The minimum atomic E-state index is -3.35. The maximum absolute atomic E-state index is 13.0. The van der Waals surface area contributed by atoms with Crippen LogP contribution in [0.2, 0.25) is 0 Å². The Kier molecular flexibility index (Phi) is 7.87. The second-order valence-corrected chi connectivity index (χ2v) is 10.7. The fourth-order valence-corrected chi connectivity index (χ4v) is 6.03. The molecular weight excluding hydrogens is 396 g/mol. The van der Waals surface area contributed by atoms with Gasteiger partial charge in [0.05, 0.1) is 10.6 Å². The molecular formula is C19H32N4O3S2. The third-order valence-electron chi connectivity index (χ3n) is 5.71. The smallest absolute Gasteiger partial charge is 0.263 e. The molecule has 0 radical (unpaired) electrons. The molecule has 0 unspecified atom stereocenters. The summed E-state index contributed by atoms with van der Waals surface area (Å²) in [6.45, 7) is 7.28. The van der Waals surface area contributed by atoms with E-state index in [1.54, 1.807) is 9.21 Å². The summed E-state index contributed by atoms with van der Waals surface area (Å²) in [5.74, 6) is -0.0742. The first-order valence-electron chi connectivity index (χ1n) is 10.2. The molecule has 3 rings (SSSR count). The van der Waals surface area contributed by atoms with Crippen LogP contribution in [0.1, 0.15) is 35.9 Å². The standard InChI is InChI=1S/C19H32N4O3S2/c1-17-5-2-3-9-21(17)12-13-22(19(24)18-6-4-15-27-18)14-16-28(25,26)23-10-7-20-8-11-23/h4,6,15,17,20H,2-3,5,7-14,16H2,1H3/t17-/m0/s1. The number of piperidine rings is 1. The third-order valence-corrected chi connectivity index (χ3v) is 8.41. The molecule has 9 heteroatoms. The second kappa shape index (κ2) is 10.2. The minimum Gasteiger partial charge on any atom is -0.336 e. The zero-order valence-electron chi connectivity index (χ0n) is 16.7. The summed E-state index contributed by atoms with van der Waals surface area (Å²) in [4.78, 5) is 17.8. The number of nitrogens with zero attached hydrogens (tertiary/aromatic N) is 3. The molecule has 7 nitrogen and oxygen atoms in total. The monoisotopic (exact) mass is 428 g/mol. The van der Waals surface area contributed by atoms with Crippen LogP contribution in [-0.2, 0) is 10.0 Å². The van der Waals surface area contributed by atoms with E-state index in [1.807, 2.05) is 17.5 Å². The lowest BCUT2D eigenvalue weighted by Crippen LogP contribution is -2.49. The first kappa shape index (κ1) is 21.7. The van der Waals surface area contributed by atoms with E-state index < -0.39 is 10.0 Å². The topological polar surface area (TPSA) is 73.0 Å². The number of nitrogens with one attached hydrogen (secondary N) is 1. The number of carbonyl (C=O) groups is 1. The molecule has 3 heterocycles. The first-order valence-corrected chi connectivity index (χ1v) is 12.7. The van der Waals surface area contributed by atoms with Crippen molar-refractivity contribution in [1.29, 1.82) is 0 Å². The van der Waals surface area contributed by atoms with Crippen LogP contribution in [0, 0.1) is 0 Å². The predicted octanol–water partition coefficient (Wildman–Crippen LogP) is 1.30. The van der Waals surface area contributed by atoms with Crippen molar-refractivity contribution in [2.24, 2.45) is 0 Å². The van der Waals surface area contributed by atoms with Gasteiger partial charge in [-0.05, 0) is 37.8 Å². The molecule has 0 saturated carbocycles. The van der Waals surface area contributed by atoms with Gasteiger partial charge in [-0.15, -0.1) is 11.3 Å². The molecule has 0 aromatic carbocycles. The quantitative estimate of drug-likeness (QED) is 0.676. The van der Waals surface area contributed by atoms with E-state index in [0.717, 1.165) is 13.1 Å². The molecule has 0 bridgehead atoms. The van der Waals surface area contributed by atoms with Gasteiger partial charge in [0.25, 0.3) is 5.91 Å². The van der Waals surface area contributed by atoms with Gasteiger partial charge >= 0.3 is 0 Å². The third kappa shape index (κ3) is 5.76. The molecule has 1 aromatic heterocycles. The Morgan fingerprint density at radius 2 is 2.04 bits per heavy atom. The molecule has 1 N–H and O–H groups in total. The van der Waals surface area contributed by atoms with Crippen molar-refractivity contribution in [2.45, 2.75) is 32.2 Å². The highest BCUT2D eigenvalue weighted by atomic mass is 32.2. The van der Waals surface area contributed by atoms with Crippen molar-refractivity contribution in [3.63, 3.8) is 0 Å². The number of amides is 1. The highest BCUT2D eigenvalue weighted by Gasteiger charge is 2.27. The molecule has 0 spiro atoms. The van der Waals surface area contributed by atoms with Crippen LogP contribution in [0.15, 0.2) is 17.5 Å². The van der Waals surface area contributed by atoms with Crippen LogP contribution >= 0.6 is 11.3 Å². The van der Waals surface area contributed by atoms with E-state index in [-0.39, 0.29) is 18.2 Å². The summed E-state index contributed by atoms with van der Waals surface area (Å²) in [6, 6.07) is 4.20. The summed E-state index contributed by atoms with van der Waals surface area (Å²) in [6.07, 6.45) is 3.65. The number of sulfonamides is 1. The van der Waals surface area contributed by atoms with Crippen molar-refractivity contribution in [3.8, 4) is 0 Å². The number of hydrogen-bond donors (Lipinski definition) is 1. The van der Waals surface area contributed by atoms with Crippen molar-refractivity contribution in [2.75, 3.05) is 58.1 Å². The molecule has 1 aromatic rings.